The molecule has 0 radical (unpaired) electrons. The minimum Gasteiger partial charge on any atom is -0.462 e. The Morgan fingerprint density at radius 2 is 1.76 bits per heavy atom. The number of aromatic nitrogens is 1. The SMILES string of the molecule is CCOC(=O)c1sc2c(ccc(=O)n2-c2ccc(CCl)cc2)c1-c1ccccc1. The summed E-state index contributed by atoms with van der Waals surface area (Å²) in [6, 6.07) is 20.5. The molecular formula is C23H18ClNO3S. The molecule has 0 saturated heterocycles. The molecule has 146 valence electrons. The highest BCUT2D eigenvalue weighted by molar-refractivity contribution is 7.21. The Bertz CT molecular complexity index is 1230. The van der Waals surface area contributed by atoms with Crippen LogP contribution in [0.2, 0.25) is 0 Å². The van der Waals surface area contributed by atoms with Gasteiger partial charge < -0.3 is 4.74 Å². The third kappa shape index (κ3) is 3.59. The van der Waals surface area contributed by atoms with Crippen LogP contribution in [0.3, 0.4) is 0 Å². The first-order chi connectivity index (χ1) is 14.1. The van der Waals surface area contributed by atoms with E-state index in [-0.39, 0.29) is 18.1 Å². The van der Waals surface area contributed by atoms with E-state index in [1.165, 1.54) is 17.4 Å². The van der Waals surface area contributed by atoms with Crippen molar-refractivity contribution in [2.45, 2.75) is 12.8 Å². The molecule has 0 bridgehead atoms. The number of halogens is 1. The number of thiophene rings is 1. The topological polar surface area (TPSA) is 48.3 Å². The molecule has 0 aliphatic carbocycles. The van der Waals surface area contributed by atoms with Crippen molar-refractivity contribution in [2.24, 2.45) is 0 Å². The van der Waals surface area contributed by atoms with Gasteiger partial charge in [0, 0.05) is 22.9 Å². The number of nitrogens with zero attached hydrogens (tertiary/aromatic N) is 1. The van der Waals surface area contributed by atoms with Crippen LogP contribution in [-0.2, 0) is 10.6 Å². The zero-order chi connectivity index (χ0) is 20.4. The number of pyridine rings is 1. The fraction of sp³-hybridized carbons (Fsp3) is 0.130. The number of fused-ring (bicyclic) bond motifs is 1. The molecule has 2 heterocycles. The highest BCUT2D eigenvalue weighted by Crippen LogP contribution is 2.39. The van der Waals surface area contributed by atoms with E-state index < -0.39 is 0 Å². The van der Waals surface area contributed by atoms with Gasteiger partial charge in [0.2, 0.25) is 0 Å². The maximum absolute atomic E-state index is 12.8. The third-order valence-electron chi connectivity index (χ3n) is 4.61. The number of esters is 1. The Balaban J connectivity index is 2.02. The van der Waals surface area contributed by atoms with Crippen molar-refractivity contribution >= 4 is 39.1 Å². The van der Waals surface area contributed by atoms with Gasteiger partial charge in [0.25, 0.3) is 5.56 Å². The molecule has 29 heavy (non-hydrogen) atoms. The van der Waals surface area contributed by atoms with E-state index in [0.717, 1.165) is 27.8 Å². The molecule has 0 atom stereocenters. The van der Waals surface area contributed by atoms with Crippen LogP contribution in [0.4, 0.5) is 0 Å². The Labute approximate surface area is 176 Å². The summed E-state index contributed by atoms with van der Waals surface area (Å²) >= 11 is 7.16. The van der Waals surface area contributed by atoms with E-state index in [1.54, 1.807) is 17.6 Å². The first kappa shape index (κ1) is 19.4. The van der Waals surface area contributed by atoms with E-state index in [9.17, 15) is 9.59 Å². The van der Waals surface area contributed by atoms with Gasteiger partial charge in [-0.25, -0.2) is 4.79 Å². The Kier molecular flexibility index (Phi) is 5.51. The van der Waals surface area contributed by atoms with E-state index in [0.29, 0.717) is 15.6 Å². The normalized spacial score (nSPS) is 11.0. The summed E-state index contributed by atoms with van der Waals surface area (Å²) in [5.41, 5.74) is 3.23. The monoisotopic (exact) mass is 423 g/mol. The van der Waals surface area contributed by atoms with Crippen molar-refractivity contribution < 1.29 is 9.53 Å². The zero-order valence-electron chi connectivity index (χ0n) is 15.7. The average molecular weight is 424 g/mol. The maximum Gasteiger partial charge on any atom is 0.349 e. The second-order valence-corrected chi connectivity index (χ2v) is 7.68. The van der Waals surface area contributed by atoms with Gasteiger partial charge in [-0.1, -0.05) is 42.5 Å². The summed E-state index contributed by atoms with van der Waals surface area (Å²) in [7, 11) is 0. The molecule has 2 aromatic heterocycles. The predicted octanol–water partition coefficient (Wildman–Crippen LogP) is 5.63. The van der Waals surface area contributed by atoms with Crippen molar-refractivity contribution in [1.82, 2.24) is 4.57 Å². The molecule has 0 fully saturated rings. The largest absolute Gasteiger partial charge is 0.462 e. The van der Waals surface area contributed by atoms with Crippen LogP contribution in [0, 0.1) is 0 Å². The van der Waals surface area contributed by atoms with Gasteiger partial charge in [0.15, 0.2) is 0 Å². The molecule has 6 heteroatoms. The summed E-state index contributed by atoms with van der Waals surface area (Å²) in [6.07, 6.45) is 0. The highest BCUT2D eigenvalue weighted by atomic mass is 35.5. The van der Waals surface area contributed by atoms with Crippen molar-refractivity contribution in [3.63, 3.8) is 0 Å². The first-order valence-corrected chi connectivity index (χ1v) is 10.6. The lowest BCUT2D eigenvalue weighted by Crippen LogP contribution is -2.16. The van der Waals surface area contributed by atoms with E-state index >= 15 is 0 Å². The molecule has 0 amide bonds. The highest BCUT2D eigenvalue weighted by Gasteiger charge is 2.23. The van der Waals surface area contributed by atoms with E-state index in [2.05, 4.69) is 0 Å². The second-order valence-electron chi connectivity index (χ2n) is 6.42. The molecule has 0 spiro atoms. The summed E-state index contributed by atoms with van der Waals surface area (Å²) in [5, 5.41) is 0.838. The van der Waals surface area contributed by atoms with Crippen LogP contribution < -0.4 is 5.56 Å². The zero-order valence-corrected chi connectivity index (χ0v) is 17.3. The smallest absolute Gasteiger partial charge is 0.349 e. The van der Waals surface area contributed by atoms with E-state index in [4.69, 9.17) is 16.3 Å². The van der Waals surface area contributed by atoms with Gasteiger partial charge in [-0.3, -0.25) is 9.36 Å². The summed E-state index contributed by atoms with van der Waals surface area (Å²) in [4.78, 5) is 26.7. The lowest BCUT2D eigenvalue weighted by Gasteiger charge is -2.08. The molecule has 0 unspecified atom stereocenters. The molecule has 0 saturated carbocycles. The lowest BCUT2D eigenvalue weighted by atomic mass is 10.0. The summed E-state index contributed by atoms with van der Waals surface area (Å²) in [6.45, 7) is 2.07. The van der Waals surface area contributed by atoms with Gasteiger partial charge in [-0.05, 0) is 36.2 Å². The number of hydrogen-bond acceptors (Lipinski definition) is 4. The van der Waals surface area contributed by atoms with Gasteiger partial charge in [-0.2, -0.15) is 0 Å². The molecule has 4 aromatic rings. The number of carbonyl (C=O) groups excluding carboxylic acids is 1. The Morgan fingerprint density at radius 3 is 2.41 bits per heavy atom. The second kappa shape index (κ2) is 8.23. The fourth-order valence-electron chi connectivity index (χ4n) is 3.29. The fourth-order valence-corrected chi connectivity index (χ4v) is 4.70. The predicted molar refractivity (Wildman–Crippen MR) is 118 cm³/mol. The van der Waals surface area contributed by atoms with Gasteiger partial charge in [0.1, 0.15) is 9.71 Å². The Morgan fingerprint density at radius 1 is 1.03 bits per heavy atom. The standard InChI is InChI=1S/C23H18ClNO3S/c1-2-28-23(27)21-20(16-6-4-3-5-7-16)18-12-13-19(26)25(22(18)29-21)17-10-8-15(14-24)9-11-17/h3-13H,2,14H2,1H3. The van der Waals surface area contributed by atoms with Crippen LogP contribution >= 0.6 is 22.9 Å². The first-order valence-electron chi connectivity index (χ1n) is 9.20. The maximum atomic E-state index is 12.8. The third-order valence-corrected chi connectivity index (χ3v) is 6.09. The molecule has 2 aromatic carbocycles. The van der Waals surface area contributed by atoms with Crippen molar-refractivity contribution in [2.75, 3.05) is 6.61 Å². The van der Waals surface area contributed by atoms with Crippen LogP contribution in [0.25, 0.3) is 27.0 Å². The molecule has 4 nitrogen and oxygen atoms in total. The average Bonchev–Trinajstić information content (AvgIpc) is 3.14. The van der Waals surface area contributed by atoms with Crippen molar-refractivity contribution in [3.8, 4) is 16.8 Å². The van der Waals surface area contributed by atoms with Crippen LogP contribution in [0.15, 0.2) is 71.5 Å². The van der Waals surface area contributed by atoms with Crippen molar-refractivity contribution in [1.29, 1.82) is 0 Å². The molecular weight excluding hydrogens is 406 g/mol. The van der Waals surface area contributed by atoms with Gasteiger partial charge >= 0.3 is 5.97 Å². The lowest BCUT2D eigenvalue weighted by molar-refractivity contribution is 0.0533. The van der Waals surface area contributed by atoms with Crippen LogP contribution in [-0.4, -0.2) is 17.1 Å². The number of carbonyl (C=O) groups is 1. The minimum absolute atomic E-state index is 0.160. The number of benzene rings is 2. The number of rotatable bonds is 5. The number of alkyl halides is 1. The Hall–Kier alpha value is -2.89. The minimum atomic E-state index is -0.385. The van der Waals surface area contributed by atoms with Crippen LogP contribution in [0.1, 0.15) is 22.2 Å². The van der Waals surface area contributed by atoms with Crippen LogP contribution in [0.5, 0.6) is 0 Å². The summed E-state index contributed by atoms with van der Waals surface area (Å²) in [5.74, 6) is 0.0211. The van der Waals surface area contributed by atoms with Crippen molar-refractivity contribution in [3.05, 3.63) is 87.5 Å². The van der Waals surface area contributed by atoms with Gasteiger partial charge in [-0.15, -0.1) is 22.9 Å². The van der Waals surface area contributed by atoms with Gasteiger partial charge in [0.05, 0.1) is 12.3 Å². The molecule has 0 aliphatic rings. The molecule has 4 rings (SSSR count). The molecule has 0 N–H and O–H groups in total. The summed E-state index contributed by atoms with van der Waals surface area (Å²) < 4.78 is 6.93. The molecule has 0 aliphatic heterocycles. The quantitative estimate of drug-likeness (QED) is 0.308. The number of hydrogen-bond donors (Lipinski definition) is 0. The van der Waals surface area contributed by atoms with E-state index in [1.807, 2.05) is 54.6 Å². The number of ether oxygens (including phenoxy) is 1.